The van der Waals surface area contributed by atoms with Crippen molar-refractivity contribution in [2.45, 2.75) is 13.0 Å². The Kier molecular flexibility index (Phi) is 4.22. The Morgan fingerprint density at radius 3 is 2.21 bits per heavy atom. The topological polar surface area (TPSA) is 12.0 Å². The Morgan fingerprint density at radius 2 is 1.58 bits per heavy atom. The summed E-state index contributed by atoms with van der Waals surface area (Å²) in [7, 11) is 0. The van der Waals surface area contributed by atoms with Gasteiger partial charge in [-0.15, -0.1) is 0 Å². The molecule has 19 heavy (non-hydrogen) atoms. The summed E-state index contributed by atoms with van der Waals surface area (Å²) < 4.78 is 40.0. The molecule has 0 fully saturated rings. The second kappa shape index (κ2) is 5.89. The highest BCUT2D eigenvalue weighted by atomic mass is 19.1. The predicted octanol–water partition coefficient (Wildman–Crippen LogP) is 3.80. The molecule has 1 nitrogen and oxygen atoms in total. The first kappa shape index (κ1) is 13.6. The van der Waals surface area contributed by atoms with Crippen molar-refractivity contribution in [2.75, 3.05) is 6.54 Å². The van der Waals surface area contributed by atoms with Gasteiger partial charge in [0.2, 0.25) is 0 Å². The zero-order valence-electron chi connectivity index (χ0n) is 10.5. The number of benzene rings is 2. The first-order valence-corrected chi connectivity index (χ1v) is 6.05. The van der Waals surface area contributed by atoms with Crippen LogP contribution in [0.15, 0.2) is 42.5 Å². The van der Waals surface area contributed by atoms with Gasteiger partial charge in [-0.25, -0.2) is 13.2 Å². The molecule has 0 spiro atoms. The smallest absolute Gasteiger partial charge is 0.128 e. The maximum absolute atomic E-state index is 13.8. The third-order valence-electron chi connectivity index (χ3n) is 2.88. The van der Waals surface area contributed by atoms with Crippen LogP contribution < -0.4 is 5.32 Å². The lowest BCUT2D eigenvalue weighted by molar-refractivity contribution is 0.544. The van der Waals surface area contributed by atoms with Crippen LogP contribution in [0.1, 0.15) is 24.1 Å². The molecule has 2 aromatic rings. The summed E-state index contributed by atoms with van der Waals surface area (Å²) in [6, 6.07) is 8.56. The minimum absolute atomic E-state index is 0.216. The van der Waals surface area contributed by atoms with E-state index in [0.717, 1.165) is 18.2 Å². The number of hydrogen-bond acceptors (Lipinski definition) is 1. The Hall–Kier alpha value is -1.81. The predicted molar refractivity (Wildman–Crippen MR) is 68.3 cm³/mol. The van der Waals surface area contributed by atoms with E-state index in [1.807, 2.05) is 6.92 Å². The van der Waals surface area contributed by atoms with Gasteiger partial charge >= 0.3 is 0 Å². The Bertz CT molecular complexity index is 552. The summed E-state index contributed by atoms with van der Waals surface area (Å²) in [5.41, 5.74) is 0.904. The van der Waals surface area contributed by atoms with Crippen LogP contribution in [0.5, 0.6) is 0 Å². The Labute approximate surface area is 110 Å². The number of rotatable bonds is 4. The molecule has 4 heteroatoms. The van der Waals surface area contributed by atoms with Gasteiger partial charge in [-0.1, -0.05) is 19.1 Å². The van der Waals surface area contributed by atoms with Crippen molar-refractivity contribution in [1.82, 2.24) is 5.32 Å². The lowest BCUT2D eigenvalue weighted by atomic mass is 9.98. The van der Waals surface area contributed by atoms with Crippen LogP contribution in [0.2, 0.25) is 0 Å². The molecule has 0 saturated heterocycles. The van der Waals surface area contributed by atoms with E-state index in [0.29, 0.717) is 12.1 Å². The Morgan fingerprint density at radius 1 is 0.947 bits per heavy atom. The SMILES string of the molecule is CCNC(c1ccc(F)cc1)c1cc(F)ccc1F. The molecular weight excluding hydrogens is 251 g/mol. The van der Waals surface area contributed by atoms with Gasteiger partial charge in [0.05, 0.1) is 6.04 Å². The molecule has 0 amide bonds. The highest BCUT2D eigenvalue weighted by Gasteiger charge is 2.17. The van der Waals surface area contributed by atoms with E-state index in [1.54, 1.807) is 12.1 Å². The molecule has 1 unspecified atom stereocenters. The average Bonchev–Trinajstić information content (AvgIpc) is 2.40. The van der Waals surface area contributed by atoms with E-state index in [1.165, 1.54) is 12.1 Å². The molecule has 1 atom stereocenters. The van der Waals surface area contributed by atoms with E-state index in [-0.39, 0.29) is 11.4 Å². The number of hydrogen-bond donors (Lipinski definition) is 1. The number of nitrogens with one attached hydrogen (secondary N) is 1. The summed E-state index contributed by atoms with van der Waals surface area (Å²) in [5, 5.41) is 3.07. The normalized spacial score (nSPS) is 12.4. The first-order chi connectivity index (χ1) is 9.11. The van der Waals surface area contributed by atoms with Gasteiger partial charge in [0, 0.05) is 5.56 Å². The maximum Gasteiger partial charge on any atom is 0.128 e. The highest BCUT2D eigenvalue weighted by molar-refractivity contribution is 5.33. The molecule has 0 aliphatic heterocycles. The molecule has 0 radical (unpaired) electrons. The van der Waals surface area contributed by atoms with E-state index >= 15 is 0 Å². The lowest BCUT2D eigenvalue weighted by Gasteiger charge is -2.19. The van der Waals surface area contributed by atoms with Crippen molar-refractivity contribution in [3.05, 3.63) is 71.0 Å². The molecule has 0 saturated carbocycles. The van der Waals surface area contributed by atoms with Crippen LogP contribution in [-0.2, 0) is 0 Å². The highest BCUT2D eigenvalue weighted by Crippen LogP contribution is 2.25. The molecule has 2 rings (SSSR count). The van der Waals surface area contributed by atoms with Crippen LogP contribution in [0.25, 0.3) is 0 Å². The fraction of sp³-hybridized carbons (Fsp3) is 0.200. The van der Waals surface area contributed by atoms with Crippen LogP contribution >= 0.6 is 0 Å². The molecule has 0 aliphatic carbocycles. The van der Waals surface area contributed by atoms with Crippen molar-refractivity contribution < 1.29 is 13.2 Å². The fourth-order valence-corrected chi connectivity index (χ4v) is 2.00. The molecule has 100 valence electrons. The fourth-order valence-electron chi connectivity index (χ4n) is 2.00. The molecule has 2 aromatic carbocycles. The summed E-state index contributed by atoms with van der Waals surface area (Å²) in [4.78, 5) is 0. The lowest BCUT2D eigenvalue weighted by Crippen LogP contribution is -2.23. The van der Waals surface area contributed by atoms with Crippen molar-refractivity contribution in [3.8, 4) is 0 Å². The van der Waals surface area contributed by atoms with Crippen molar-refractivity contribution in [3.63, 3.8) is 0 Å². The minimum Gasteiger partial charge on any atom is -0.306 e. The minimum atomic E-state index is -0.499. The molecule has 1 N–H and O–H groups in total. The molecule has 0 bridgehead atoms. The summed E-state index contributed by atoms with van der Waals surface area (Å²) >= 11 is 0. The monoisotopic (exact) mass is 265 g/mol. The second-order valence-corrected chi connectivity index (χ2v) is 4.21. The zero-order valence-corrected chi connectivity index (χ0v) is 10.5. The quantitative estimate of drug-likeness (QED) is 0.886. The van der Waals surface area contributed by atoms with Gasteiger partial charge in [0.1, 0.15) is 17.5 Å². The molecule has 0 heterocycles. The van der Waals surface area contributed by atoms with Crippen LogP contribution in [-0.4, -0.2) is 6.54 Å². The maximum atomic E-state index is 13.8. The second-order valence-electron chi connectivity index (χ2n) is 4.21. The number of halogens is 3. The van der Waals surface area contributed by atoms with Crippen molar-refractivity contribution in [1.29, 1.82) is 0 Å². The van der Waals surface area contributed by atoms with E-state index < -0.39 is 17.7 Å². The average molecular weight is 265 g/mol. The molecule has 0 aromatic heterocycles. The van der Waals surface area contributed by atoms with Gasteiger partial charge in [0.25, 0.3) is 0 Å². The molecular formula is C15H14F3N. The van der Waals surface area contributed by atoms with Crippen molar-refractivity contribution in [2.24, 2.45) is 0 Å². The Balaban J connectivity index is 2.44. The van der Waals surface area contributed by atoms with E-state index in [2.05, 4.69) is 5.32 Å². The van der Waals surface area contributed by atoms with Gasteiger partial charge in [-0.3, -0.25) is 0 Å². The van der Waals surface area contributed by atoms with Crippen molar-refractivity contribution >= 4 is 0 Å². The standard InChI is InChI=1S/C15H14F3N/c1-2-19-15(10-3-5-11(16)6-4-10)13-9-12(17)7-8-14(13)18/h3-9,15,19H,2H2,1H3. The largest absolute Gasteiger partial charge is 0.306 e. The first-order valence-electron chi connectivity index (χ1n) is 6.05. The van der Waals surface area contributed by atoms with E-state index in [9.17, 15) is 13.2 Å². The van der Waals surface area contributed by atoms with Crippen LogP contribution in [0, 0.1) is 17.5 Å². The van der Waals surface area contributed by atoms with Crippen LogP contribution in [0.3, 0.4) is 0 Å². The third-order valence-corrected chi connectivity index (χ3v) is 2.88. The summed E-state index contributed by atoms with van der Waals surface area (Å²) in [6.45, 7) is 2.45. The molecule has 0 aliphatic rings. The van der Waals surface area contributed by atoms with E-state index in [4.69, 9.17) is 0 Å². The van der Waals surface area contributed by atoms with Gasteiger partial charge in [0.15, 0.2) is 0 Å². The van der Waals surface area contributed by atoms with Gasteiger partial charge < -0.3 is 5.32 Å². The third kappa shape index (κ3) is 3.15. The zero-order chi connectivity index (χ0) is 13.8. The van der Waals surface area contributed by atoms with Gasteiger partial charge in [-0.05, 0) is 42.4 Å². The summed E-state index contributed by atoms with van der Waals surface area (Å²) in [6.07, 6.45) is 0. The van der Waals surface area contributed by atoms with Crippen LogP contribution in [0.4, 0.5) is 13.2 Å². The van der Waals surface area contributed by atoms with Gasteiger partial charge in [-0.2, -0.15) is 0 Å². The summed E-state index contributed by atoms with van der Waals surface area (Å²) in [5.74, 6) is -1.35.